The van der Waals surface area contributed by atoms with Crippen LogP contribution >= 0.6 is 0 Å². The van der Waals surface area contributed by atoms with Gasteiger partial charge in [0, 0.05) is 43.5 Å². The Kier molecular flexibility index (Phi) is 5.26. The Morgan fingerprint density at radius 1 is 1.35 bits per heavy atom. The molecule has 1 heterocycles. The van der Waals surface area contributed by atoms with Gasteiger partial charge >= 0.3 is 0 Å². The molecule has 0 spiro atoms. The highest BCUT2D eigenvalue weighted by Gasteiger charge is 2.13. The lowest BCUT2D eigenvalue weighted by Crippen LogP contribution is -2.31. The van der Waals surface area contributed by atoms with E-state index in [9.17, 15) is 5.11 Å². The van der Waals surface area contributed by atoms with E-state index < -0.39 is 0 Å². The minimum absolute atomic E-state index is 0.166. The van der Waals surface area contributed by atoms with E-state index in [2.05, 4.69) is 28.2 Å². The molecule has 1 aromatic carbocycles. The number of anilines is 1. The predicted octanol–water partition coefficient (Wildman–Crippen LogP) is 2.20. The summed E-state index contributed by atoms with van der Waals surface area (Å²) < 4.78 is 0. The normalized spacial score (nSPS) is 17.4. The number of likely N-dealkylation sites (tertiary alicyclic amines) is 1. The van der Waals surface area contributed by atoms with Crippen molar-refractivity contribution in [3.8, 4) is 5.75 Å². The molecule has 1 atom stereocenters. The molecule has 1 unspecified atom stereocenters. The highest BCUT2D eigenvalue weighted by molar-refractivity contribution is 5.53. The Morgan fingerprint density at radius 3 is 2.65 bits per heavy atom. The third kappa shape index (κ3) is 3.64. The van der Waals surface area contributed by atoms with Crippen LogP contribution in [-0.4, -0.2) is 50.3 Å². The number of phenols is 1. The fourth-order valence-corrected chi connectivity index (χ4v) is 2.72. The van der Waals surface area contributed by atoms with Gasteiger partial charge in [0.25, 0.3) is 0 Å². The van der Waals surface area contributed by atoms with E-state index in [1.165, 1.54) is 25.9 Å². The summed E-state index contributed by atoms with van der Waals surface area (Å²) in [5.74, 6) is 0.373. The molecule has 0 aromatic heterocycles. The molecule has 1 saturated heterocycles. The first-order valence-electron chi connectivity index (χ1n) is 7.55. The zero-order valence-electron chi connectivity index (χ0n) is 12.9. The van der Waals surface area contributed by atoms with Gasteiger partial charge in [0.15, 0.2) is 0 Å². The average Bonchev–Trinajstić information content (AvgIpc) is 2.97. The van der Waals surface area contributed by atoms with Gasteiger partial charge in [0.1, 0.15) is 5.75 Å². The molecule has 1 aliphatic rings. The minimum atomic E-state index is 0.166. The number of benzene rings is 1. The molecule has 0 radical (unpaired) electrons. The molecule has 112 valence electrons. The van der Waals surface area contributed by atoms with Crippen LogP contribution in [0.2, 0.25) is 0 Å². The maximum absolute atomic E-state index is 10.1. The zero-order chi connectivity index (χ0) is 14.5. The molecule has 4 nitrogen and oxygen atoms in total. The third-order valence-electron chi connectivity index (χ3n) is 4.30. The maximum atomic E-state index is 10.1. The van der Waals surface area contributed by atoms with Crippen molar-refractivity contribution in [1.82, 2.24) is 10.2 Å². The largest absolute Gasteiger partial charge is 0.508 e. The van der Waals surface area contributed by atoms with Gasteiger partial charge in [0.2, 0.25) is 0 Å². The van der Waals surface area contributed by atoms with Crippen molar-refractivity contribution < 1.29 is 5.11 Å². The highest BCUT2D eigenvalue weighted by atomic mass is 16.3. The fourth-order valence-electron chi connectivity index (χ4n) is 2.72. The summed E-state index contributed by atoms with van der Waals surface area (Å²) >= 11 is 0. The number of rotatable bonds is 6. The lowest BCUT2D eigenvalue weighted by molar-refractivity contribution is 0.346. The maximum Gasteiger partial charge on any atom is 0.122 e. The smallest absolute Gasteiger partial charge is 0.122 e. The standard InChI is InChI=1S/C16H27N3O/c1-13(17-2)15-7-6-14(12-16(15)20)18(3)10-11-19-8-4-5-9-19/h6-7,12-13,17,20H,4-5,8-11H2,1-3H3. The molecule has 0 bridgehead atoms. The van der Waals surface area contributed by atoms with Crippen LogP contribution < -0.4 is 10.2 Å². The minimum Gasteiger partial charge on any atom is -0.508 e. The fraction of sp³-hybridized carbons (Fsp3) is 0.625. The van der Waals surface area contributed by atoms with Crippen molar-refractivity contribution in [3.63, 3.8) is 0 Å². The Hall–Kier alpha value is -1.26. The molecule has 0 amide bonds. The van der Waals surface area contributed by atoms with Gasteiger partial charge in [0.05, 0.1) is 0 Å². The summed E-state index contributed by atoms with van der Waals surface area (Å²) in [7, 11) is 3.99. The quantitative estimate of drug-likeness (QED) is 0.836. The number of likely N-dealkylation sites (N-methyl/N-ethyl adjacent to an activating group) is 1. The SMILES string of the molecule is CNC(C)c1ccc(N(C)CCN2CCCC2)cc1O. The summed E-state index contributed by atoms with van der Waals surface area (Å²) in [6.45, 7) is 6.62. The monoisotopic (exact) mass is 277 g/mol. The zero-order valence-corrected chi connectivity index (χ0v) is 12.9. The number of nitrogens with zero attached hydrogens (tertiary/aromatic N) is 2. The molecule has 2 rings (SSSR count). The average molecular weight is 277 g/mol. The van der Waals surface area contributed by atoms with Gasteiger partial charge in [-0.05, 0) is 46.0 Å². The van der Waals surface area contributed by atoms with Crippen molar-refractivity contribution in [2.24, 2.45) is 0 Å². The topological polar surface area (TPSA) is 38.7 Å². The van der Waals surface area contributed by atoms with E-state index in [0.29, 0.717) is 5.75 Å². The first kappa shape index (κ1) is 15.1. The molecule has 1 fully saturated rings. The number of hydrogen-bond donors (Lipinski definition) is 2. The van der Waals surface area contributed by atoms with Crippen molar-refractivity contribution in [2.45, 2.75) is 25.8 Å². The summed E-state index contributed by atoms with van der Waals surface area (Å²) in [4.78, 5) is 4.72. The first-order valence-corrected chi connectivity index (χ1v) is 7.55. The summed E-state index contributed by atoms with van der Waals surface area (Å²) in [5.41, 5.74) is 2.03. The van der Waals surface area contributed by atoms with Gasteiger partial charge < -0.3 is 20.2 Å². The number of nitrogens with one attached hydrogen (secondary N) is 1. The van der Waals surface area contributed by atoms with E-state index in [1.54, 1.807) is 0 Å². The van der Waals surface area contributed by atoms with Crippen molar-refractivity contribution >= 4 is 5.69 Å². The molecule has 0 aliphatic carbocycles. The van der Waals surface area contributed by atoms with Gasteiger partial charge in [-0.1, -0.05) is 6.07 Å². The molecule has 4 heteroatoms. The van der Waals surface area contributed by atoms with E-state index in [-0.39, 0.29) is 6.04 Å². The van der Waals surface area contributed by atoms with Crippen LogP contribution in [0, 0.1) is 0 Å². The predicted molar refractivity (Wildman–Crippen MR) is 84.5 cm³/mol. The van der Waals surface area contributed by atoms with Crippen LogP contribution in [0.5, 0.6) is 5.75 Å². The first-order chi connectivity index (χ1) is 9.61. The number of phenolic OH excluding ortho intramolecular Hbond substituents is 1. The molecular weight excluding hydrogens is 250 g/mol. The third-order valence-corrected chi connectivity index (χ3v) is 4.30. The van der Waals surface area contributed by atoms with Gasteiger partial charge in [-0.25, -0.2) is 0 Å². The van der Waals surface area contributed by atoms with Crippen LogP contribution in [0.15, 0.2) is 18.2 Å². The second kappa shape index (κ2) is 6.95. The van der Waals surface area contributed by atoms with Crippen molar-refractivity contribution in [3.05, 3.63) is 23.8 Å². The van der Waals surface area contributed by atoms with Crippen LogP contribution in [-0.2, 0) is 0 Å². The van der Waals surface area contributed by atoms with E-state index in [0.717, 1.165) is 24.3 Å². The van der Waals surface area contributed by atoms with E-state index >= 15 is 0 Å². The Morgan fingerprint density at radius 2 is 2.05 bits per heavy atom. The lowest BCUT2D eigenvalue weighted by Gasteiger charge is -2.24. The molecule has 2 N–H and O–H groups in total. The second-order valence-corrected chi connectivity index (χ2v) is 5.72. The van der Waals surface area contributed by atoms with Crippen molar-refractivity contribution in [2.75, 3.05) is 45.2 Å². The number of hydrogen-bond acceptors (Lipinski definition) is 4. The van der Waals surface area contributed by atoms with Crippen LogP contribution in [0.3, 0.4) is 0 Å². The second-order valence-electron chi connectivity index (χ2n) is 5.72. The highest BCUT2D eigenvalue weighted by Crippen LogP contribution is 2.28. The lowest BCUT2D eigenvalue weighted by atomic mass is 10.1. The molecule has 1 aliphatic heterocycles. The summed E-state index contributed by atoms with van der Waals surface area (Å²) in [6.07, 6.45) is 2.67. The van der Waals surface area contributed by atoms with Crippen LogP contribution in [0.1, 0.15) is 31.4 Å². The molecular formula is C16H27N3O. The number of aromatic hydroxyl groups is 1. The van der Waals surface area contributed by atoms with E-state index in [4.69, 9.17) is 0 Å². The Labute approximate surface area is 122 Å². The molecule has 20 heavy (non-hydrogen) atoms. The van der Waals surface area contributed by atoms with Gasteiger partial charge in [-0.15, -0.1) is 0 Å². The summed E-state index contributed by atoms with van der Waals surface area (Å²) in [5, 5.41) is 13.3. The Bertz CT molecular complexity index is 430. The van der Waals surface area contributed by atoms with Crippen LogP contribution in [0.25, 0.3) is 0 Å². The summed E-state index contributed by atoms with van der Waals surface area (Å²) in [6, 6.07) is 6.14. The molecule has 1 aromatic rings. The Balaban J connectivity index is 1.95. The van der Waals surface area contributed by atoms with Gasteiger partial charge in [-0.3, -0.25) is 0 Å². The van der Waals surface area contributed by atoms with Crippen molar-refractivity contribution in [1.29, 1.82) is 0 Å². The van der Waals surface area contributed by atoms with E-state index in [1.807, 2.05) is 26.1 Å². The molecule has 0 saturated carbocycles. The van der Waals surface area contributed by atoms with Gasteiger partial charge in [-0.2, -0.15) is 0 Å². The van der Waals surface area contributed by atoms with Crippen LogP contribution in [0.4, 0.5) is 5.69 Å².